The van der Waals surface area contributed by atoms with E-state index in [1.807, 2.05) is 0 Å². The number of nitrogens with one attached hydrogen (secondary N) is 1. The number of Topliss-reactive ketones (excluding diaryl/α,β-unsaturated/α-hetero) is 1. The molecule has 16 heavy (non-hydrogen) atoms. The number of rotatable bonds is 2. The van der Waals surface area contributed by atoms with Gasteiger partial charge in [0.25, 0.3) is 0 Å². The van der Waals surface area contributed by atoms with Crippen LogP contribution in [0.1, 0.15) is 17.9 Å². The molecule has 0 bridgehead atoms. The highest BCUT2D eigenvalue weighted by Crippen LogP contribution is 2.33. The molecule has 0 amide bonds. The van der Waals surface area contributed by atoms with E-state index in [-0.39, 0.29) is 17.2 Å². The lowest BCUT2D eigenvalue weighted by molar-refractivity contribution is -0.118. The van der Waals surface area contributed by atoms with E-state index in [2.05, 4.69) is 5.32 Å². The van der Waals surface area contributed by atoms with E-state index in [1.54, 1.807) is 0 Å². The van der Waals surface area contributed by atoms with Crippen LogP contribution in [0.4, 0.5) is 8.78 Å². The Morgan fingerprint density at radius 1 is 1.38 bits per heavy atom. The van der Waals surface area contributed by atoms with Gasteiger partial charge in [-0.1, -0.05) is 0 Å². The van der Waals surface area contributed by atoms with Gasteiger partial charge in [0.15, 0.2) is 0 Å². The first kappa shape index (κ1) is 11.5. The van der Waals surface area contributed by atoms with Gasteiger partial charge in [0.2, 0.25) is 0 Å². The first-order valence-corrected chi connectivity index (χ1v) is 5.95. The molecule has 0 radical (unpaired) electrons. The molecule has 0 saturated carbocycles. The van der Waals surface area contributed by atoms with Crippen LogP contribution in [-0.2, 0) is 4.79 Å². The van der Waals surface area contributed by atoms with Crippen molar-refractivity contribution < 1.29 is 13.6 Å². The van der Waals surface area contributed by atoms with Crippen LogP contribution in [0, 0.1) is 11.6 Å². The molecule has 1 saturated heterocycles. The molecule has 1 fully saturated rings. The van der Waals surface area contributed by atoms with Crippen LogP contribution in [0.5, 0.6) is 0 Å². The topological polar surface area (TPSA) is 29.1 Å². The summed E-state index contributed by atoms with van der Waals surface area (Å²) < 4.78 is 26.0. The summed E-state index contributed by atoms with van der Waals surface area (Å²) in [6.07, 6.45) is 0. The molecule has 1 unspecified atom stereocenters. The van der Waals surface area contributed by atoms with Crippen molar-refractivity contribution in [3.05, 3.63) is 35.4 Å². The van der Waals surface area contributed by atoms with Gasteiger partial charge in [-0.2, -0.15) is 0 Å². The Hall–Kier alpha value is -0.940. The van der Waals surface area contributed by atoms with E-state index in [9.17, 15) is 13.6 Å². The largest absolute Gasteiger partial charge is 0.298 e. The number of ketones is 1. The number of hydrogen-bond acceptors (Lipinski definition) is 3. The predicted molar refractivity (Wildman–Crippen MR) is 59.2 cm³/mol. The van der Waals surface area contributed by atoms with Crippen LogP contribution in [0.2, 0.25) is 0 Å². The van der Waals surface area contributed by atoms with Crippen molar-refractivity contribution in [2.24, 2.45) is 0 Å². The summed E-state index contributed by atoms with van der Waals surface area (Å²) in [7, 11) is 0. The first-order valence-electron chi connectivity index (χ1n) is 4.90. The molecular formula is C11H11F2NOS. The first-order chi connectivity index (χ1) is 7.56. The summed E-state index contributed by atoms with van der Waals surface area (Å²) in [5, 5.41) is 2.83. The van der Waals surface area contributed by atoms with Crippen LogP contribution in [0.3, 0.4) is 0 Å². The lowest BCUT2D eigenvalue weighted by Crippen LogP contribution is -2.32. The van der Waals surface area contributed by atoms with Gasteiger partial charge >= 0.3 is 0 Å². The zero-order chi connectivity index (χ0) is 11.7. The molecule has 1 aromatic rings. The normalized spacial score (nSPS) is 24.7. The highest BCUT2D eigenvalue weighted by atomic mass is 32.2. The molecule has 1 aliphatic rings. The average molecular weight is 243 g/mol. The molecule has 1 aromatic carbocycles. The number of hydrogen-bond donors (Lipinski definition) is 1. The summed E-state index contributed by atoms with van der Waals surface area (Å²) in [6, 6.07) is 3.19. The van der Waals surface area contributed by atoms with Crippen molar-refractivity contribution in [3.8, 4) is 0 Å². The zero-order valence-electron chi connectivity index (χ0n) is 8.67. The fraction of sp³-hybridized carbons (Fsp3) is 0.364. The molecule has 2 atom stereocenters. The lowest BCUT2D eigenvalue weighted by atomic mass is 10.2. The van der Waals surface area contributed by atoms with Crippen LogP contribution >= 0.6 is 11.8 Å². The maximum atomic E-state index is 13.0. The van der Waals surface area contributed by atoms with Crippen molar-refractivity contribution in [3.63, 3.8) is 0 Å². The van der Waals surface area contributed by atoms with Crippen molar-refractivity contribution in [2.45, 2.75) is 18.3 Å². The highest BCUT2D eigenvalue weighted by molar-refractivity contribution is 7.99. The summed E-state index contributed by atoms with van der Waals surface area (Å²) >= 11 is 1.48. The summed E-state index contributed by atoms with van der Waals surface area (Å²) in [6.45, 7) is 1.51. The van der Waals surface area contributed by atoms with Crippen LogP contribution in [-0.4, -0.2) is 17.6 Å². The smallest absolute Gasteiger partial charge is 0.147 e. The molecule has 1 N–H and O–H groups in total. The molecule has 0 aliphatic carbocycles. The van der Waals surface area contributed by atoms with Gasteiger partial charge in [-0.25, -0.2) is 8.78 Å². The van der Waals surface area contributed by atoms with Gasteiger partial charge in [0.05, 0.1) is 11.4 Å². The van der Waals surface area contributed by atoms with E-state index < -0.39 is 11.6 Å². The maximum Gasteiger partial charge on any atom is 0.147 e. The highest BCUT2D eigenvalue weighted by Gasteiger charge is 2.28. The van der Waals surface area contributed by atoms with Crippen molar-refractivity contribution in [2.75, 3.05) is 5.75 Å². The van der Waals surface area contributed by atoms with Gasteiger partial charge in [-0.05, 0) is 24.6 Å². The number of benzene rings is 1. The molecule has 0 spiro atoms. The van der Waals surface area contributed by atoms with Crippen molar-refractivity contribution in [1.29, 1.82) is 0 Å². The van der Waals surface area contributed by atoms with Crippen molar-refractivity contribution in [1.82, 2.24) is 5.32 Å². The molecule has 5 heteroatoms. The molecule has 0 aromatic heterocycles. The van der Waals surface area contributed by atoms with Crippen LogP contribution in [0.25, 0.3) is 0 Å². The van der Waals surface area contributed by atoms with E-state index in [0.717, 1.165) is 6.07 Å². The van der Waals surface area contributed by atoms with Gasteiger partial charge in [0.1, 0.15) is 17.4 Å². The molecule has 1 aliphatic heterocycles. The average Bonchev–Trinajstić information content (AvgIpc) is 2.64. The number of carbonyl (C=O) groups is 1. The minimum Gasteiger partial charge on any atom is -0.298 e. The summed E-state index contributed by atoms with van der Waals surface area (Å²) in [5.41, 5.74) is 0.534. The third kappa shape index (κ3) is 2.41. The van der Waals surface area contributed by atoms with Crippen molar-refractivity contribution >= 4 is 17.5 Å². The molecule has 1 heterocycles. The van der Waals surface area contributed by atoms with Gasteiger partial charge in [-0.15, -0.1) is 11.8 Å². The third-order valence-electron chi connectivity index (χ3n) is 2.46. The van der Waals surface area contributed by atoms with E-state index in [4.69, 9.17) is 0 Å². The van der Waals surface area contributed by atoms with Crippen LogP contribution in [0.15, 0.2) is 18.2 Å². The Morgan fingerprint density at radius 3 is 2.50 bits per heavy atom. The molecular weight excluding hydrogens is 232 g/mol. The Morgan fingerprint density at radius 2 is 2.00 bits per heavy atom. The number of thioether (sulfide) groups is 1. The van der Waals surface area contributed by atoms with E-state index in [1.165, 1.54) is 30.8 Å². The van der Waals surface area contributed by atoms with Gasteiger partial charge < -0.3 is 0 Å². The Kier molecular flexibility index (Phi) is 3.25. The summed E-state index contributed by atoms with van der Waals surface area (Å²) in [4.78, 5) is 11.1. The van der Waals surface area contributed by atoms with Crippen LogP contribution < -0.4 is 5.32 Å². The second-order valence-electron chi connectivity index (χ2n) is 3.75. The quantitative estimate of drug-likeness (QED) is 0.863. The number of carbonyl (C=O) groups excluding carboxylic acids is 1. The second-order valence-corrected chi connectivity index (χ2v) is 4.88. The lowest BCUT2D eigenvalue weighted by Gasteiger charge is -2.11. The van der Waals surface area contributed by atoms with Gasteiger partial charge in [0, 0.05) is 11.8 Å². The SMILES string of the molecule is CC(=O)[C@@H]1CSC(c2cc(F)cc(F)c2)N1. The summed E-state index contributed by atoms with van der Waals surface area (Å²) in [5.74, 6) is -0.503. The fourth-order valence-electron chi connectivity index (χ4n) is 1.63. The van der Waals surface area contributed by atoms with E-state index >= 15 is 0 Å². The monoisotopic (exact) mass is 243 g/mol. The minimum absolute atomic E-state index is 0.0480. The maximum absolute atomic E-state index is 13.0. The molecule has 2 nitrogen and oxygen atoms in total. The minimum atomic E-state index is -0.594. The third-order valence-corrected chi connectivity index (χ3v) is 3.73. The Bertz CT molecular complexity index is 404. The van der Waals surface area contributed by atoms with E-state index in [0.29, 0.717) is 11.3 Å². The molecule has 86 valence electrons. The Balaban J connectivity index is 2.17. The predicted octanol–water partition coefficient (Wildman–Crippen LogP) is 2.26. The second kappa shape index (κ2) is 4.51. The fourth-order valence-corrected chi connectivity index (χ4v) is 2.93. The van der Waals surface area contributed by atoms with Gasteiger partial charge in [-0.3, -0.25) is 10.1 Å². The standard InChI is InChI=1S/C11H11F2NOS/c1-6(15)10-5-16-11(14-10)7-2-8(12)4-9(13)3-7/h2-4,10-11,14H,5H2,1H3/t10-,11?/m0/s1. The zero-order valence-corrected chi connectivity index (χ0v) is 9.48. The molecule has 2 rings (SSSR count). The Labute approximate surface area is 96.4 Å². The number of halogens is 2.